The summed E-state index contributed by atoms with van der Waals surface area (Å²) in [5, 5.41) is 18.1. The van der Waals surface area contributed by atoms with Gasteiger partial charge in [-0.2, -0.15) is 10.5 Å². The molecule has 3 aromatic rings. The van der Waals surface area contributed by atoms with Crippen molar-refractivity contribution in [2.45, 2.75) is 26.2 Å². The van der Waals surface area contributed by atoms with Gasteiger partial charge in [-0.25, -0.2) is 4.79 Å². The Morgan fingerprint density at radius 3 is 2.45 bits per heavy atom. The van der Waals surface area contributed by atoms with Gasteiger partial charge >= 0.3 is 5.97 Å². The Morgan fingerprint density at radius 2 is 1.76 bits per heavy atom. The summed E-state index contributed by atoms with van der Waals surface area (Å²) in [6, 6.07) is 18.9. The van der Waals surface area contributed by atoms with Crippen molar-refractivity contribution in [1.29, 1.82) is 10.5 Å². The quantitative estimate of drug-likeness (QED) is 0.608. The third kappa shape index (κ3) is 4.91. The average Bonchev–Trinajstić information content (AvgIpc) is 3.14. The fourth-order valence-electron chi connectivity index (χ4n) is 3.18. The maximum absolute atomic E-state index is 12.8. The molecule has 3 rings (SSSR count). The smallest absolute Gasteiger partial charge is 0.340 e. The van der Waals surface area contributed by atoms with E-state index in [4.69, 9.17) is 15.3 Å². The Balaban J connectivity index is 1.92. The van der Waals surface area contributed by atoms with Crippen molar-refractivity contribution in [3.05, 3.63) is 93.8 Å². The molecule has 0 spiro atoms. The summed E-state index contributed by atoms with van der Waals surface area (Å²) in [6.45, 7) is 2.32. The lowest BCUT2D eigenvalue weighted by Gasteiger charge is -2.09. The van der Waals surface area contributed by atoms with Crippen molar-refractivity contribution in [3.8, 4) is 12.1 Å². The fourth-order valence-corrected chi connectivity index (χ4v) is 3.18. The SMILES string of the molecule is CCCOC(=O)c1c(Cc2ccc(C#N)cc2)c[nH]c1Cc1cccc(C#N)c1. The van der Waals surface area contributed by atoms with E-state index in [1.165, 1.54) is 0 Å². The average molecular weight is 383 g/mol. The van der Waals surface area contributed by atoms with Crippen molar-refractivity contribution in [2.24, 2.45) is 0 Å². The minimum absolute atomic E-state index is 0.344. The molecule has 2 aromatic carbocycles. The zero-order chi connectivity index (χ0) is 20.6. The third-order valence-electron chi connectivity index (χ3n) is 4.60. The van der Waals surface area contributed by atoms with Crippen LogP contribution in [0, 0.1) is 22.7 Å². The number of rotatable bonds is 7. The van der Waals surface area contributed by atoms with Crippen molar-refractivity contribution in [2.75, 3.05) is 6.61 Å². The Bertz CT molecular complexity index is 1080. The minimum Gasteiger partial charge on any atom is -0.462 e. The van der Waals surface area contributed by atoms with Gasteiger partial charge in [0, 0.05) is 18.3 Å². The molecular weight excluding hydrogens is 362 g/mol. The molecule has 0 bridgehead atoms. The standard InChI is InChI=1S/C24H21N3O2/c1-2-10-29-24(28)23-21(12-17-6-8-18(14-25)9-7-17)16-27-22(23)13-19-4-3-5-20(11-19)15-26/h3-9,11,16,27H,2,10,12-13H2,1H3. The highest BCUT2D eigenvalue weighted by Crippen LogP contribution is 2.23. The third-order valence-corrected chi connectivity index (χ3v) is 4.60. The van der Waals surface area contributed by atoms with Gasteiger partial charge in [0.15, 0.2) is 0 Å². The van der Waals surface area contributed by atoms with Crippen LogP contribution in [-0.2, 0) is 17.6 Å². The molecule has 29 heavy (non-hydrogen) atoms. The first kappa shape index (κ1) is 19.9. The van der Waals surface area contributed by atoms with E-state index in [1.807, 2.05) is 43.5 Å². The summed E-state index contributed by atoms with van der Waals surface area (Å²) in [4.78, 5) is 16.0. The van der Waals surface area contributed by atoms with Gasteiger partial charge in [0.1, 0.15) is 0 Å². The molecule has 0 fully saturated rings. The second-order valence-electron chi connectivity index (χ2n) is 6.78. The van der Waals surface area contributed by atoms with Gasteiger partial charge in [0.2, 0.25) is 0 Å². The van der Waals surface area contributed by atoms with E-state index in [9.17, 15) is 4.79 Å². The van der Waals surface area contributed by atoms with E-state index in [-0.39, 0.29) is 5.97 Å². The van der Waals surface area contributed by atoms with Gasteiger partial charge in [-0.15, -0.1) is 0 Å². The summed E-state index contributed by atoms with van der Waals surface area (Å²) in [5.41, 5.74) is 5.30. The molecular formula is C24H21N3O2. The lowest BCUT2D eigenvalue weighted by atomic mass is 9.99. The molecule has 0 aliphatic carbocycles. The summed E-state index contributed by atoms with van der Waals surface area (Å²) >= 11 is 0. The van der Waals surface area contributed by atoms with Gasteiger partial charge in [0.05, 0.1) is 35.4 Å². The number of carbonyl (C=O) groups excluding carboxylic acids is 1. The van der Waals surface area contributed by atoms with E-state index >= 15 is 0 Å². The summed E-state index contributed by atoms with van der Waals surface area (Å²) in [7, 11) is 0. The number of aromatic nitrogens is 1. The number of hydrogen-bond donors (Lipinski definition) is 1. The molecule has 0 saturated carbocycles. The molecule has 0 aliphatic heterocycles. The topological polar surface area (TPSA) is 89.7 Å². The van der Waals surface area contributed by atoms with Crippen LogP contribution in [0.2, 0.25) is 0 Å². The van der Waals surface area contributed by atoms with Crippen molar-refractivity contribution < 1.29 is 9.53 Å². The van der Waals surface area contributed by atoms with Crippen LogP contribution >= 0.6 is 0 Å². The molecule has 144 valence electrons. The number of nitriles is 2. The van der Waals surface area contributed by atoms with Crippen LogP contribution in [0.4, 0.5) is 0 Å². The number of nitrogens with one attached hydrogen (secondary N) is 1. The van der Waals surface area contributed by atoms with Gasteiger partial charge < -0.3 is 9.72 Å². The Morgan fingerprint density at radius 1 is 1.00 bits per heavy atom. The lowest BCUT2D eigenvalue weighted by molar-refractivity contribution is 0.0503. The first-order valence-electron chi connectivity index (χ1n) is 9.49. The minimum atomic E-state index is -0.344. The van der Waals surface area contributed by atoms with Crippen LogP contribution in [0.3, 0.4) is 0 Å². The van der Waals surface area contributed by atoms with E-state index in [2.05, 4.69) is 17.1 Å². The molecule has 0 radical (unpaired) electrons. The maximum atomic E-state index is 12.8. The normalized spacial score (nSPS) is 10.2. The zero-order valence-corrected chi connectivity index (χ0v) is 16.2. The number of ether oxygens (including phenoxy) is 1. The number of benzene rings is 2. The van der Waals surface area contributed by atoms with Crippen LogP contribution in [0.15, 0.2) is 54.7 Å². The summed E-state index contributed by atoms with van der Waals surface area (Å²) in [6.07, 6.45) is 3.64. The number of nitrogens with zero attached hydrogens (tertiary/aromatic N) is 2. The van der Waals surface area contributed by atoms with E-state index in [1.54, 1.807) is 18.2 Å². The molecule has 0 aliphatic rings. The van der Waals surface area contributed by atoms with Crippen LogP contribution in [0.25, 0.3) is 0 Å². The van der Waals surface area contributed by atoms with Gasteiger partial charge in [0.25, 0.3) is 0 Å². The number of hydrogen-bond acceptors (Lipinski definition) is 4. The Hall–Kier alpha value is -3.83. The number of aromatic amines is 1. The van der Waals surface area contributed by atoms with Crippen LogP contribution in [0.1, 0.15) is 57.2 Å². The Kier molecular flexibility index (Phi) is 6.45. The first-order chi connectivity index (χ1) is 14.1. The van der Waals surface area contributed by atoms with Crippen LogP contribution in [-0.4, -0.2) is 17.6 Å². The second-order valence-corrected chi connectivity index (χ2v) is 6.78. The molecule has 0 amide bonds. The molecule has 5 nitrogen and oxygen atoms in total. The number of esters is 1. The van der Waals surface area contributed by atoms with Crippen molar-refractivity contribution in [3.63, 3.8) is 0 Å². The van der Waals surface area contributed by atoms with Crippen molar-refractivity contribution >= 4 is 5.97 Å². The maximum Gasteiger partial charge on any atom is 0.340 e. The first-order valence-corrected chi connectivity index (χ1v) is 9.49. The predicted octanol–water partition coefficient (Wildman–Crippen LogP) is 4.51. The molecule has 1 heterocycles. The van der Waals surface area contributed by atoms with Gasteiger partial charge in [-0.05, 0) is 53.8 Å². The molecule has 0 saturated heterocycles. The highest BCUT2D eigenvalue weighted by Gasteiger charge is 2.20. The molecule has 0 atom stereocenters. The van der Waals surface area contributed by atoms with Crippen LogP contribution < -0.4 is 0 Å². The fraction of sp³-hybridized carbons (Fsp3) is 0.208. The zero-order valence-electron chi connectivity index (χ0n) is 16.2. The van der Waals surface area contributed by atoms with E-state index in [0.717, 1.165) is 28.8 Å². The highest BCUT2D eigenvalue weighted by atomic mass is 16.5. The molecule has 5 heteroatoms. The number of carbonyl (C=O) groups is 1. The predicted molar refractivity (Wildman–Crippen MR) is 109 cm³/mol. The lowest BCUT2D eigenvalue weighted by Crippen LogP contribution is -2.11. The van der Waals surface area contributed by atoms with Crippen LogP contribution in [0.5, 0.6) is 0 Å². The molecule has 1 N–H and O–H groups in total. The largest absolute Gasteiger partial charge is 0.462 e. The summed E-state index contributed by atoms with van der Waals surface area (Å²) < 4.78 is 5.42. The molecule has 0 unspecified atom stereocenters. The van der Waals surface area contributed by atoms with E-state index in [0.29, 0.717) is 36.1 Å². The molecule has 1 aromatic heterocycles. The highest BCUT2D eigenvalue weighted by molar-refractivity contribution is 5.92. The monoisotopic (exact) mass is 383 g/mol. The number of H-pyrrole nitrogens is 1. The van der Waals surface area contributed by atoms with Gasteiger partial charge in [-0.1, -0.05) is 31.2 Å². The Labute approximate surface area is 170 Å². The summed E-state index contributed by atoms with van der Waals surface area (Å²) in [5.74, 6) is -0.344. The van der Waals surface area contributed by atoms with Crippen molar-refractivity contribution in [1.82, 2.24) is 4.98 Å². The van der Waals surface area contributed by atoms with Gasteiger partial charge in [-0.3, -0.25) is 0 Å². The second kappa shape index (κ2) is 9.39. The van der Waals surface area contributed by atoms with E-state index < -0.39 is 0 Å².